The van der Waals surface area contributed by atoms with Crippen LogP contribution in [0.15, 0.2) is 22.7 Å². The Hall–Kier alpha value is -1.47. The van der Waals surface area contributed by atoms with Crippen LogP contribution in [-0.2, 0) is 14.3 Å². The molecule has 1 aromatic carbocycles. The predicted molar refractivity (Wildman–Crippen MR) is 76.4 cm³/mol. The lowest BCUT2D eigenvalue weighted by atomic mass is 10.1. The van der Waals surface area contributed by atoms with Crippen LogP contribution >= 0.6 is 15.9 Å². The minimum absolute atomic E-state index is 0.102. The van der Waals surface area contributed by atoms with Gasteiger partial charge in [0.1, 0.15) is 5.82 Å². The summed E-state index contributed by atoms with van der Waals surface area (Å²) in [7, 11) is 1.31. The standard InChI is InChI=1S/C14H15BrFNO4/c1-20-13(18)7-10-8-17(4-5-21-10)14(19)11-3-2-9(16)6-12(11)15/h2-3,6,10H,4-5,7-8H2,1H3. The maximum Gasteiger partial charge on any atom is 0.308 e. The van der Waals surface area contributed by atoms with E-state index < -0.39 is 5.82 Å². The van der Waals surface area contributed by atoms with Crippen molar-refractivity contribution in [3.63, 3.8) is 0 Å². The van der Waals surface area contributed by atoms with Crippen LogP contribution in [-0.4, -0.2) is 49.7 Å². The van der Waals surface area contributed by atoms with Crippen molar-refractivity contribution in [3.8, 4) is 0 Å². The molecule has 1 atom stereocenters. The number of methoxy groups -OCH3 is 1. The smallest absolute Gasteiger partial charge is 0.308 e. The van der Waals surface area contributed by atoms with Crippen molar-refractivity contribution >= 4 is 27.8 Å². The zero-order chi connectivity index (χ0) is 15.4. The summed E-state index contributed by atoms with van der Waals surface area (Å²) in [6.07, 6.45) is -0.278. The Balaban J connectivity index is 2.06. The molecule has 0 aromatic heterocycles. The van der Waals surface area contributed by atoms with Crippen LogP contribution < -0.4 is 0 Å². The van der Waals surface area contributed by atoms with Gasteiger partial charge < -0.3 is 14.4 Å². The number of esters is 1. The summed E-state index contributed by atoms with van der Waals surface area (Å²) in [5.41, 5.74) is 0.384. The van der Waals surface area contributed by atoms with Crippen LogP contribution in [0.3, 0.4) is 0 Å². The molecule has 0 bridgehead atoms. The Morgan fingerprint density at radius 2 is 2.29 bits per heavy atom. The van der Waals surface area contributed by atoms with Crippen molar-refractivity contribution < 1.29 is 23.5 Å². The lowest BCUT2D eigenvalue weighted by Crippen LogP contribution is -2.46. The van der Waals surface area contributed by atoms with Crippen molar-refractivity contribution in [2.75, 3.05) is 26.8 Å². The third kappa shape index (κ3) is 4.01. The number of ether oxygens (including phenoxy) is 2. The highest BCUT2D eigenvalue weighted by Gasteiger charge is 2.27. The molecule has 1 amide bonds. The van der Waals surface area contributed by atoms with Gasteiger partial charge >= 0.3 is 5.97 Å². The Morgan fingerprint density at radius 3 is 2.95 bits per heavy atom. The van der Waals surface area contributed by atoms with E-state index in [2.05, 4.69) is 20.7 Å². The van der Waals surface area contributed by atoms with E-state index in [4.69, 9.17) is 4.74 Å². The number of benzene rings is 1. The molecular weight excluding hydrogens is 345 g/mol. The normalized spacial score (nSPS) is 18.4. The lowest BCUT2D eigenvalue weighted by molar-refractivity contribution is -0.145. The SMILES string of the molecule is COC(=O)CC1CN(C(=O)c2ccc(F)cc2Br)CCO1. The Morgan fingerprint density at radius 1 is 1.52 bits per heavy atom. The average molecular weight is 360 g/mol. The van der Waals surface area contributed by atoms with E-state index in [-0.39, 0.29) is 24.4 Å². The first-order valence-electron chi connectivity index (χ1n) is 6.44. The molecule has 1 saturated heterocycles. The number of nitrogens with zero attached hydrogens (tertiary/aromatic N) is 1. The molecule has 1 aromatic rings. The number of morpholine rings is 1. The third-order valence-corrected chi connectivity index (χ3v) is 3.87. The van der Waals surface area contributed by atoms with Gasteiger partial charge in [-0.25, -0.2) is 4.39 Å². The molecule has 0 N–H and O–H groups in total. The second-order valence-corrected chi connectivity index (χ2v) is 5.50. The van der Waals surface area contributed by atoms with Crippen molar-refractivity contribution in [3.05, 3.63) is 34.1 Å². The van der Waals surface area contributed by atoms with Gasteiger partial charge in [-0.15, -0.1) is 0 Å². The summed E-state index contributed by atoms with van der Waals surface area (Å²) in [6, 6.07) is 3.93. The third-order valence-electron chi connectivity index (χ3n) is 3.21. The molecule has 2 rings (SSSR count). The first kappa shape index (κ1) is 15.9. The average Bonchev–Trinajstić information content (AvgIpc) is 2.47. The topological polar surface area (TPSA) is 55.8 Å². The molecule has 1 aliphatic rings. The monoisotopic (exact) mass is 359 g/mol. The summed E-state index contributed by atoms with van der Waals surface area (Å²) in [6.45, 7) is 1.09. The minimum atomic E-state index is -0.413. The van der Waals surface area contributed by atoms with Gasteiger partial charge in [-0.2, -0.15) is 0 Å². The van der Waals surface area contributed by atoms with E-state index in [9.17, 15) is 14.0 Å². The molecule has 0 aliphatic carbocycles. The molecular formula is C14H15BrFNO4. The number of hydrogen-bond acceptors (Lipinski definition) is 4. The van der Waals surface area contributed by atoms with Gasteiger partial charge in [-0.1, -0.05) is 0 Å². The summed E-state index contributed by atoms with van der Waals surface area (Å²) in [5.74, 6) is -1.01. The van der Waals surface area contributed by atoms with Gasteiger partial charge in [-0.3, -0.25) is 9.59 Å². The number of carbonyl (C=O) groups is 2. The minimum Gasteiger partial charge on any atom is -0.469 e. The highest BCUT2D eigenvalue weighted by atomic mass is 79.9. The number of hydrogen-bond donors (Lipinski definition) is 0. The van der Waals surface area contributed by atoms with E-state index in [0.717, 1.165) is 0 Å². The van der Waals surface area contributed by atoms with Gasteiger partial charge in [0.05, 0.1) is 31.8 Å². The number of rotatable bonds is 3. The second-order valence-electron chi connectivity index (χ2n) is 4.65. The van der Waals surface area contributed by atoms with Crippen LogP contribution in [0.4, 0.5) is 4.39 Å². The predicted octanol–water partition coefficient (Wildman–Crippen LogP) is 1.99. The molecule has 0 radical (unpaired) electrons. The Bertz CT molecular complexity index is 552. The van der Waals surface area contributed by atoms with Crippen molar-refractivity contribution in [2.45, 2.75) is 12.5 Å². The van der Waals surface area contributed by atoms with E-state index in [1.807, 2.05) is 0 Å². The largest absolute Gasteiger partial charge is 0.469 e. The molecule has 0 saturated carbocycles. The molecule has 21 heavy (non-hydrogen) atoms. The van der Waals surface area contributed by atoms with Gasteiger partial charge in [-0.05, 0) is 34.1 Å². The zero-order valence-electron chi connectivity index (χ0n) is 11.5. The van der Waals surface area contributed by atoms with E-state index in [0.29, 0.717) is 29.7 Å². The highest BCUT2D eigenvalue weighted by Crippen LogP contribution is 2.21. The number of halogens is 2. The second kappa shape index (κ2) is 7.00. The molecule has 1 unspecified atom stereocenters. The zero-order valence-corrected chi connectivity index (χ0v) is 13.1. The van der Waals surface area contributed by atoms with Crippen LogP contribution in [0.5, 0.6) is 0 Å². The van der Waals surface area contributed by atoms with Gasteiger partial charge in [0.25, 0.3) is 5.91 Å². The van der Waals surface area contributed by atoms with Crippen LogP contribution in [0.25, 0.3) is 0 Å². The summed E-state index contributed by atoms with van der Waals surface area (Å²) in [4.78, 5) is 25.3. The fraction of sp³-hybridized carbons (Fsp3) is 0.429. The molecule has 5 nitrogen and oxygen atoms in total. The van der Waals surface area contributed by atoms with Crippen molar-refractivity contribution in [1.29, 1.82) is 0 Å². The van der Waals surface area contributed by atoms with Crippen LogP contribution in [0.2, 0.25) is 0 Å². The fourth-order valence-corrected chi connectivity index (χ4v) is 2.65. The van der Waals surface area contributed by atoms with Crippen LogP contribution in [0, 0.1) is 5.82 Å². The van der Waals surface area contributed by atoms with Gasteiger partial charge in [0.15, 0.2) is 0 Å². The van der Waals surface area contributed by atoms with Crippen LogP contribution in [0.1, 0.15) is 16.8 Å². The molecule has 1 fully saturated rings. The molecule has 1 heterocycles. The van der Waals surface area contributed by atoms with Crippen molar-refractivity contribution in [1.82, 2.24) is 4.90 Å². The van der Waals surface area contributed by atoms with Gasteiger partial charge in [0, 0.05) is 17.6 Å². The summed E-state index contributed by atoms with van der Waals surface area (Å²) < 4.78 is 23.5. The molecule has 114 valence electrons. The van der Waals surface area contributed by atoms with E-state index in [1.54, 1.807) is 4.90 Å². The van der Waals surface area contributed by atoms with Gasteiger partial charge in [0.2, 0.25) is 0 Å². The summed E-state index contributed by atoms with van der Waals surface area (Å²) in [5, 5.41) is 0. The maximum absolute atomic E-state index is 13.1. The lowest BCUT2D eigenvalue weighted by Gasteiger charge is -2.32. The van der Waals surface area contributed by atoms with E-state index in [1.165, 1.54) is 25.3 Å². The highest BCUT2D eigenvalue weighted by molar-refractivity contribution is 9.10. The Labute approximate surface area is 130 Å². The first-order chi connectivity index (χ1) is 10.0. The van der Waals surface area contributed by atoms with E-state index >= 15 is 0 Å². The molecule has 0 spiro atoms. The maximum atomic E-state index is 13.1. The molecule has 7 heteroatoms. The number of amides is 1. The Kier molecular flexibility index (Phi) is 5.30. The molecule has 1 aliphatic heterocycles. The summed E-state index contributed by atoms with van der Waals surface area (Å²) >= 11 is 3.19. The first-order valence-corrected chi connectivity index (χ1v) is 7.23. The fourth-order valence-electron chi connectivity index (χ4n) is 2.13. The van der Waals surface area contributed by atoms with Crippen molar-refractivity contribution in [2.24, 2.45) is 0 Å². The quantitative estimate of drug-likeness (QED) is 0.774. The number of carbonyl (C=O) groups excluding carboxylic acids is 2.